The quantitative estimate of drug-likeness (QED) is 0.805. The Labute approximate surface area is 109 Å². The van der Waals surface area contributed by atoms with Gasteiger partial charge >= 0.3 is 0 Å². The molecule has 0 radical (unpaired) electrons. The molecule has 2 rings (SSSR count). The average molecular weight is 287 g/mol. The van der Waals surface area contributed by atoms with Crippen molar-refractivity contribution in [1.29, 1.82) is 0 Å². The highest BCUT2D eigenvalue weighted by atomic mass is 35.7. The second-order valence-corrected chi connectivity index (χ2v) is 6.23. The van der Waals surface area contributed by atoms with Crippen LogP contribution in [0.3, 0.4) is 0 Å². The predicted octanol–water partition coefficient (Wildman–Crippen LogP) is 1.87. The highest BCUT2D eigenvalue weighted by Gasteiger charge is 2.12. The molecule has 0 spiro atoms. The maximum Gasteiger partial charge on any atom is 0.264 e. The van der Waals surface area contributed by atoms with E-state index in [1.54, 1.807) is 7.11 Å². The monoisotopic (exact) mass is 286 g/mol. The molecule has 0 aliphatic rings. The molecule has 0 unspecified atom stereocenters. The Morgan fingerprint density at radius 3 is 2.50 bits per heavy atom. The van der Waals surface area contributed by atoms with Crippen molar-refractivity contribution in [3.05, 3.63) is 42.2 Å². The van der Waals surface area contributed by atoms with E-state index >= 15 is 0 Å². The Morgan fingerprint density at radius 1 is 1.33 bits per heavy atom. The van der Waals surface area contributed by atoms with Gasteiger partial charge in [-0.05, 0) is 17.7 Å². The van der Waals surface area contributed by atoms with Crippen LogP contribution in [0.5, 0.6) is 5.75 Å². The van der Waals surface area contributed by atoms with E-state index in [0.29, 0.717) is 6.54 Å². The van der Waals surface area contributed by atoms with Crippen LogP contribution in [0.1, 0.15) is 5.56 Å². The van der Waals surface area contributed by atoms with E-state index < -0.39 is 9.05 Å². The number of hydrogen-bond donors (Lipinski definition) is 0. The van der Waals surface area contributed by atoms with E-state index in [1.807, 2.05) is 24.3 Å². The van der Waals surface area contributed by atoms with Crippen LogP contribution in [0.2, 0.25) is 0 Å². The summed E-state index contributed by atoms with van der Waals surface area (Å²) in [5.41, 5.74) is 0.984. The molecule has 0 aliphatic heterocycles. The molecule has 0 fully saturated rings. The molecule has 5 nitrogen and oxygen atoms in total. The number of benzene rings is 1. The molecule has 0 saturated heterocycles. The molecule has 7 heteroatoms. The smallest absolute Gasteiger partial charge is 0.264 e. The molecular weight excluding hydrogens is 276 g/mol. The fourth-order valence-electron chi connectivity index (χ4n) is 1.47. The summed E-state index contributed by atoms with van der Waals surface area (Å²) in [7, 11) is 3.10. The number of ether oxygens (including phenoxy) is 1. The van der Waals surface area contributed by atoms with Crippen LogP contribution in [0.4, 0.5) is 0 Å². The van der Waals surface area contributed by atoms with Gasteiger partial charge in [0.2, 0.25) is 0 Å². The molecule has 0 N–H and O–H groups in total. The van der Waals surface area contributed by atoms with Crippen LogP contribution in [-0.2, 0) is 15.6 Å². The Balaban J connectivity index is 2.16. The van der Waals surface area contributed by atoms with Gasteiger partial charge in [-0.15, -0.1) is 0 Å². The molecule has 1 heterocycles. The Kier molecular flexibility index (Phi) is 3.58. The molecule has 18 heavy (non-hydrogen) atoms. The normalized spacial score (nSPS) is 11.4. The Morgan fingerprint density at radius 2 is 2.00 bits per heavy atom. The van der Waals surface area contributed by atoms with E-state index in [9.17, 15) is 8.42 Å². The van der Waals surface area contributed by atoms with E-state index in [-0.39, 0.29) is 4.90 Å². The van der Waals surface area contributed by atoms with Gasteiger partial charge in [-0.2, -0.15) is 5.10 Å². The van der Waals surface area contributed by atoms with Crippen molar-refractivity contribution in [2.45, 2.75) is 11.4 Å². The average Bonchev–Trinajstić information content (AvgIpc) is 2.78. The lowest BCUT2D eigenvalue weighted by Gasteiger charge is -2.03. The fourth-order valence-corrected chi connectivity index (χ4v) is 2.13. The number of methoxy groups -OCH3 is 1. The Bertz CT molecular complexity index is 635. The standard InChI is InChI=1S/C11H11ClN2O3S/c1-17-10-4-2-9(3-5-10)7-14-8-11(6-13-14)18(12,15)16/h2-6,8H,7H2,1H3. The molecule has 1 aromatic carbocycles. The summed E-state index contributed by atoms with van der Waals surface area (Å²) < 4.78 is 28.7. The molecule has 0 aliphatic carbocycles. The van der Waals surface area contributed by atoms with E-state index in [2.05, 4.69) is 5.10 Å². The third kappa shape index (κ3) is 3.02. The first-order valence-corrected chi connectivity index (χ1v) is 7.40. The van der Waals surface area contributed by atoms with Gasteiger partial charge in [0.05, 0.1) is 19.9 Å². The van der Waals surface area contributed by atoms with Crippen molar-refractivity contribution >= 4 is 19.7 Å². The third-order valence-electron chi connectivity index (χ3n) is 2.39. The molecule has 0 saturated carbocycles. The second kappa shape index (κ2) is 4.99. The van der Waals surface area contributed by atoms with Gasteiger partial charge in [-0.25, -0.2) is 8.42 Å². The summed E-state index contributed by atoms with van der Waals surface area (Å²) in [6, 6.07) is 7.43. The largest absolute Gasteiger partial charge is 0.497 e. The van der Waals surface area contributed by atoms with Crippen molar-refractivity contribution in [2.24, 2.45) is 0 Å². The predicted molar refractivity (Wildman–Crippen MR) is 67.4 cm³/mol. The Hall–Kier alpha value is -1.53. The van der Waals surface area contributed by atoms with Crippen molar-refractivity contribution in [1.82, 2.24) is 9.78 Å². The summed E-state index contributed by atoms with van der Waals surface area (Å²) >= 11 is 0. The zero-order valence-electron chi connectivity index (χ0n) is 9.58. The lowest BCUT2D eigenvalue weighted by Crippen LogP contribution is -1.99. The van der Waals surface area contributed by atoms with Crippen molar-refractivity contribution in [3.63, 3.8) is 0 Å². The highest BCUT2D eigenvalue weighted by molar-refractivity contribution is 8.13. The highest BCUT2D eigenvalue weighted by Crippen LogP contribution is 2.15. The summed E-state index contributed by atoms with van der Waals surface area (Å²) in [6.07, 6.45) is 2.62. The maximum atomic E-state index is 11.1. The van der Waals surface area contributed by atoms with Crippen molar-refractivity contribution in [2.75, 3.05) is 7.11 Å². The van der Waals surface area contributed by atoms with Crippen LogP contribution >= 0.6 is 10.7 Å². The van der Waals surface area contributed by atoms with Gasteiger partial charge in [0.25, 0.3) is 9.05 Å². The number of aromatic nitrogens is 2. The van der Waals surface area contributed by atoms with Crippen LogP contribution in [-0.4, -0.2) is 25.3 Å². The number of rotatable bonds is 4. The van der Waals surface area contributed by atoms with Crippen molar-refractivity contribution < 1.29 is 13.2 Å². The second-order valence-electron chi connectivity index (χ2n) is 3.66. The summed E-state index contributed by atoms with van der Waals surface area (Å²) in [6.45, 7) is 0.469. The maximum absolute atomic E-state index is 11.1. The van der Waals surface area contributed by atoms with Gasteiger partial charge in [0.15, 0.2) is 0 Å². The first-order chi connectivity index (χ1) is 8.49. The van der Waals surface area contributed by atoms with E-state index in [0.717, 1.165) is 11.3 Å². The van der Waals surface area contributed by atoms with Crippen LogP contribution < -0.4 is 4.74 Å². The van der Waals surface area contributed by atoms with Gasteiger partial charge in [0.1, 0.15) is 10.6 Å². The minimum atomic E-state index is -3.72. The lowest BCUT2D eigenvalue weighted by atomic mass is 10.2. The minimum absolute atomic E-state index is 0.00215. The lowest BCUT2D eigenvalue weighted by molar-refractivity contribution is 0.414. The summed E-state index contributed by atoms with van der Waals surface area (Å²) in [4.78, 5) is -0.00215. The van der Waals surface area contributed by atoms with Crippen LogP contribution in [0.25, 0.3) is 0 Å². The van der Waals surface area contributed by atoms with Gasteiger partial charge in [-0.3, -0.25) is 4.68 Å². The number of nitrogens with zero attached hydrogens (tertiary/aromatic N) is 2. The van der Waals surface area contributed by atoms with Crippen molar-refractivity contribution in [3.8, 4) is 5.75 Å². The molecule has 0 bridgehead atoms. The molecule has 0 atom stereocenters. The van der Waals surface area contributed by atoms with Crippen LogP contribution in [0.15, 0.2) is 41.6 Å². The van der Waals surface area contributed by atoms with Gasteiger partial charge in [0, 0.05) is 16.9 Å². The SMILES string of the molecule is COc1ccc(Cn2cc(S(=O)(=O)Cl)cn2)cc1. The number of hydrogen-bond acceptors (Lipinski definition) is 4. The third-order valence-corrected chi connectivity index (χ3v) is 3.70. The zero-order chi connectivity index (χ0) is 13.2. The van der Waals surface area contributed by atoms with E-state index in [1.165, 1.54) is 17.1 Å². The van der Waals surface area contributed by atoms with Gasteiger partial charge in [-0.1, -0.05) is 12.1 Å². The fraction of sp³-hybridized carbons (Fsp3) is 0.182. The molecule has 2 aromatic rings. The topological polar surface area (TPSA) is 61.2 Å². The van der Waals surface area contributed by atoms with Gasteiger partial charge < -0.3 is 4.74 Å². The van der Waals surface area contributed by atoms with E-state index in [4.69, 9.17) is 15.4 Å². The summed E-state index contributed by atoms with van der Waals surface area (Å²) in [5.74, 6) is 0.767. The first kappa shape index (κ1) is 12.9. The van der Waals surface area contributed by atoms with Crippen LogP contribution in [0, 0.1) is 0 Å². The molecule has 0 amide bonds. The summed E-state index contributed by atoms with van der Waals surface area (Å²) in [5, 5.41) is 3.94. The molecule has 96 valence electrons. The minimum Gasteiger partial charge on any atom is -0.497 e. The first-order valence-electron chi connectivity index (χ1n) is 5.09. The molecular formula is C11H11ClN2O3S. The molecule has 1 aromatic heterocycles. The number of halogens is 1. The zero-order valence-corrected chi connectivity index (χ0v) is 11.1.